The number of ketones is 1. The monoisotopic (exact) mass is 180 g/mol. The molecular weight excluding hydrogens is 160 g/mol. The van der Waals surface area contributed by atoms with Gasteiger partial charge < -0.3 is 0 Å². The number of hydrogen-bond acceptors (Lipinski definition) is 1. The summed E-state index contributed by atoms with van der Waals surface area (Å²) in [5, 5.41) is 0. The maximum absolute atomic E-state index is 11.2. The summed E-state index contributed by atoms with van der Waals surface area (Å²) in [6.45, 7) is 6.10. The van der Waals surface area contributed by atoms with E-state index < -0.39 is 0 Å². The molecule has 0 amide bonds. The summed E-state index contributed by atoms with van der Waals surface area (Å²) in [4.78, 5) is 11.2. The number of carbonyl (C=O) groups is 1. The van der Waals surface area contributed by atoms with Gasteiger partial charge in [-0.2, -0.15) is 0 Å². The SMILES string of the molecule is CC=CCCC(=O)CCC=C(C)C. The maximum atomic E-state index is 11.2. The number of carbonyl (C=O) groups excluding carboxylic acids is 1. The molecule has 0 saturated carbocycles. The molecule has 74 valence electrons. The number of allylic oxidation sites excluding steroid dienone is 4. The van der Waals surface area contributed by atoms with Crippen molar-refractivity contribution in [2.45, 2.75) is 46.5 Å². The van der Waals surface area contributed by atoms with Gasteiger partial charge in [-0.15, -0.1) is 0 Å². The lowest BCUT2D eigenvalue weighted by Gasteiger charge is -1.95. The molecule has 0 N–H and O–H groups in total. The van der Waals surface area contributed by atoms with Crippen LogP contribution >= 0.6 is 0 Å². The van der Waals surface area contributed by atoms with Gasteiger partial charge >= 0.3 is 0 Å². The van der Waals surface area contributed by atoms with Gasteiger partial charge in [-0.25, -0.2) is 0 Å². The molecule has 1 heteroatoms. The molecule has 0 heterocycles. The number of hydrogen-bond donors (Lipinski definition) is 0. The molecular formula is C12H20O. The van der Waals surface area contributed by atoms with Crippen molar-refractivity contribution in [2.24, 2.45) is 0 Å². The fourth-order valence-corrected chi connectivity index (χ4v) is 1.06. The first-order valence-electron chi connectivity index (χ1n) is 4.93. The first-order chi connectivity index (χ1) is 6.16. The summed E-state index contributed by atoms with van der Waals surface area (Å²) >= 11 is 0. The third-order valence-corrected chi connectivity index (χ3v) is 1.80. The molecule has 0 radical (unpaired) electrons. The molecule has 0 aromatic rings. The third kappa shape index (κ3) is 9.06. The summed E-state index contributed by atoms with van der Waals surface area (Å²) in [6, 6.07) is 0. The molecule has 0 spiro atoms. The van der Waals surface area contributed by atoms with Crippen molar-refractivity contribution in [3.05, 3.63) is 23.8 Å². The predicted molar refractivity (Wildman–Crippen MR) is 57.7 cm³/mol. The fraction of sp³-hybridized carbons (Fsp3) is 0.583. The zero-order valence-electron chi connectivity index (χ0n) is 8.97. The third-order valence-electron chi connectivity index (χ3n) is 1.80. The molecule has 13 heavy (non-hydrogen) atoms. The Hall–Kier alpha value is -0.850. The molecule has 0 aliphatic rings. The molecule has 0 aromatic heterocycles. The molecule has 0 bridgehead atoms. The highest BCUT2D eigenvalue weighted by Gasteiger charge is 1.97. The van der Waals surface area contributed by atoms with E-state index in [-0.39, 0.29) is 0 Å². The molecule has 0 aliphatic carbocycles. The van der Waals surface area contributed by atoms with Crippen molar-refractivity contribution in [3.8, 4) is 0 Å². The Bertz CT molecular complexity index is 195. The van der Waals surface area contributed by atoms with E-state index in [0.29, 0.717) is 18.6 Å². The summed E-state index contributed by atoms with van der Waals surface area (Å²) in [5.41, 5.74) is 1.29. The molecule has 0 rings (SSSR count). The summed E-state index contributed by atoms with van der Waals surface area (Å²) in [5.74, 6) is 0.371. The van der Waals surface area contributed by atoms with E-state index in [0.717, 1.165) is 12.8 Å². The molecule has 0 aromatic carbocycles. The van der Waals surface area contributed by atoms with E-state index in [4.69, 9.17) is 0 Å². The van der Waals surface area contributed by atoms with Crippen LogP contribution in [0.25, 0.3) is 0 Å². The van der Waals surface area contributed by atoms with Gasteiger partial charge in [0.25, 0.3) is 0 Å². The second-order valence-corrected chi connectivity index (χ2v) is 3.47. The lowest BCUT2D eigenvalue weighted by Crippen LogP contribution is -1.95. The summed E-state index contributed by atoms with van der Waals surface area (Å²) in [7, 11) is 0. The van der Waals surface area contributed by atoms with Crippen LogP contribution in [0.5, 0.6) is 0 Å². The molecule has 0 aliphatic heterocycles. The summed E-state index contributed by atoms with van der Waals surface area (Å²) < 4.78 is 0. The summed E-state index contributed by atoms with van der Waals surface area (Å²) in [6.07, 6.45) is 9.33. The van der Waals surface area contributed by atoms with Crippen molar-refractivity contribution >= 4 is 5.78 Å². The van der Waals surface area contributed by atoms with Crippen LogP contribution in [0.3, 0.4) is 0 Å². The van der Waals surface area contributed by atoms with E-state index in [9.17, 15) is 4.79 Å². The molecule has 0 atom stereocenters. The average Bonchev–Trinajstić information content (AvgIpc) is 2.04. The normalized spacial score (nSPS) is 10.4. The minimum atomic E-state index is 0.371. The minimum Gasteiger partial charge on any atom is -0.300 e. The van der Waals surface area contributed by atoms with Gasteiger partial charge in [-0.3, -0.25) is 4.79 Å². The first kappa shape index (κ1) is 12.2. The van der Waals surface area contributed by atoms with Crippen LogP contribution in [0.2, 0.25) is 0 Å². The topological polar surface area (TPSA) is 17.1 Å². The Morgan fingerprint density at radius 1 is 1.15 bits per heavy atom. The van der Waals surface area contributed by atoms with E-state index >= 15 is 0 Å². The van der Waals surface area contributed by atoms with Crippen LogP contribution in [0, 0.1) is 0 Å². The Kier molecular flexibility index (Phi) is 7.27. The van der Waals surface area contributed by atoms with Gasteiger partial charge in [0.2, 0.25) is 0 Å². The standard InChI is InChI=1S/C12H20O/c1-4-5-6-9-12(13)10-7-8-11(2)3/h4-5,8H,6-7,9-10H2,1-3H3. The van der Waals surface area contributed by atoms with Crippen molar-refractivity contribution in [3.63, 3.8) is 0 Å². The Balaban J connectivity index is 3.46. The molecule has 0 unspecified atom stereocenters. The van der Waals surface area contributed by atoms with Crippen LogP contribution in [-0.2, 0) is 4.79 Å². The van der Waals surface area contributed by atoms with Crippen molar-refractivity contribution in [1.29, 1.82) is 0 Å². The second-order valence-electron chi connectivity index (χ2n) is 3.47. The zero-order chi connectivity index (χ0) is 10.1. The highest BCUT2D eigenvalue weighted by Crippen LogP contribution is 2.02. The highest BCUT2D eigenvalue weighted by atomic mass is 16.1. The highest BCUT2D eigenvalue weighted by molar-refractivity contribution is 5.78. The van der Waals surface area contributed by atoms with Crippen LogP contribution in [0.4, 0.5) is 0 Å². The maximum Gasteiger partial charge on any atom is 0.133 e. The van der Waals surface area contributed by atoms with Crippen molar-refractivity contribution < 1.29 is 4.79 Å². The Morgan fingerprint density at radius 2 is 1.77 bits per heavy atom. The van der Waals surface area contributed by atoms with E-state index in [1.54, 1.807) is 0 Å². The molecule has 0 saturated heterocycles. The smallest absolute Gasteiger partial charge is 0.133 e. The van der Waals surface area contributed by atoms with Crippen LogP contribution in [0.15, 0.2) is 23.8 Å². The largest absolute Gasteiger partial charge is 0.300 e. The van der Waals surface area contributed by atoms with E-state index in [1.165, 1.54) is 5.57 Å². The fourth-order valence-electron chi connectivity index (χ4n) is 1.06. The predicted octanol–water partition coefficient (Wildman–Crippen LogP) is 3.66. The lowest BCUT2D eigenvalue weighted by atomic mass is 10.1. The van der Waals surface area contributed by atoms with E-state index in [2.05, 4.69) is 19.9 Å². The van der Waals surface area contributed by atoms with Gasteiger partial charge in [-0.05, 0) is 33.6 Å². The number of Topliss-reactive ketones (excluding diaryl/α,β-unsaturated/α-hetero) is 1. The number of rotatable bonds is 6. The van der Waals surface area contributed by atoms with Crippen LogP contribution in [-0.4, -0.2) is 5.78 Å². The first-order valence-corrected chi connectivity index (χ1v) is 4.93. The Labute approximate surface area is 81.5 Å². The van der Waals surface area contributed by atoms with Crippen molar-refractivity contribution in [1.82, 2.24) is 0 Å². The zero-order valence-corrected chi connectivity index (χ0v) is 8.97. The van der Waals surface area contributed by atoms with Gasteiger partial charge in [0.05, 0.1) is 0 Å². The Morgan fingerprint density at radius 3 is 2.31 bits per heavy atom. The van der Waals surface area contributed by atoms with E-state index in [1.807, 2.05) is 19.1 Å². The van der Waals surface area contributed by atoms with Gasteiger partial charge in [0, 0.05) is 12.8 Å². The van der Waals surface area contributed by atoms with Gasteiger partial charge in [-0.1, -0.05) is 23.8 Å². The van der Waals surface area contributed by atoms with Crippen molar-refractivity contribution in [2.75, 3.05) is 0 Å². The van der Waals surface area contributed by atoms with Gasteiger partial charge in [0.1, 0.15) is 5.78 Å². The minimum absolute atomic E-state index is 0.371. The lowest BCUT2D eigenvalue weighted by molar-refractivity contribution is -0.118. The molecule has 0 fully saturated rings. The average molecular weight is 180 g/mol. The quantitative estimate of drug-likeness (QED) is 0.570. The van der Waals surface area contributed by atoms with Crippen LogP contribution < -0.4 is 0 Å². The molecule has 1 nitrogen and oxygen atoms in total. The van der Waals surface area contributed by atoms with Crippen LogP contribution in [0.1, 0.15) is 46.5 Å². The van der Waals surface area contributed by atoms with Gasteiger partial charge in [0.15, 0.2) is 0 Å². The second kappa shape index (κ2) is 7.78.